The lowest BCUT2D eigenvalue weighted by Crippen LogP contribution is -2.45. The predicted octanol–water partition coefficient (Wildman–Crippen LogP) is 18.8. The number of carbonyl (C=O) groups is 2. The highest BCUT2D eigenvalue weighted by atomic mass is 16.5. The zero-order valence-corrected chi connectivity index (χ0v) is 45.6. The number of unbranched alkanes of at least 4 members (excludes halogenated alkanes) is 39. The van der Waals surface area contributed by atoms with Crippen LogP contribution in [0, 0.1) is 0 Å². The lowest BCUT2D eigenvalue weighted by atomic mass is 10.0. The minimum absolute atomic E-state index is 0.0103. The van der Waals surface area contributed by atoms with Gasteiger partial charge in [-0.05, 0) is 83.5 Å². The summed E-state index contributed by atoms with van der Waals surface area (Å²) in [6, 6.07) is -0.553. The van der Waals surface area contributed by atoms with Gasteiger partial charge in [0.2, 0.25) is 5.91 Å². The standard InChI is InChI=1S/C62H117NO5/c1-3-5-7-9-11-13-15-17-19-23-26-30-34-38-42-46-50-54-60(65)59(58-64)63-61(66)55-51-47-43-39-35-31-27-24-21-22-25-29-33-37-41-45-49-53-57-68-62(67)56-52-48-44-40-36-32-28-20-18-16-14-12-10-8-6-4-2/h14,16,20,24,27-28,59-60,64-65H,3-13,15,17-19,21-23,25-26,29-58H2,1-2H3,(H,63,66)/b16-14-,27-24-,28-20-. The summed E-state index contributed by atoms with van der Waals surface area (Å²) in [5.74, 6) is -0.0584. The molecule has 0 aromatic rings. The van der Waals surface area contributed by atoms with E-state index in [0.29, 0.717) is 25.9 Å². The number of carbonyl (C=O) groups excluding carboxylic acids is 2. The second-order valence-electron chi connectivity index (χ2n) is 20.7. The molecule has 3 N–H and O–H groups in total. The van der Waals surface area contributed by atoms with E-state index < -0.39 is 12.1 Å². The molecular weight excluding hydrogens is 839 g/mol. The van der Waals surface area contributed by atoms with Gasteiger partial charge >= 0.3 is 5.97 Å². The number of amides is 1. The Morgan fingerprint density at radius 2 is 0.735 bits per heavy atom. The van der Waals surface area contributed by atoms with Crippen LogP contribution in [0.4, 0.5) is 0 Å². The van der Waals surface area contributed by atoms with Crippen LogP contribution in [0.5, 0.6) is 0 Å². The quantitative estimate of drug-likeness (QED) is 0.0321. The Hall–Kier alpha value is -1.92. The van der Waals surface area contributed by atoms with Crippen molar-refractivity contribution in [2.24, 2.45) is 0 Å². The van der Waals surface area contributed by atoms with Crippen LogP contribution in [-0.2, 0) is 14.3 Å². The maximum absolute atomic E-state index is 12.5. The molecule has 0 aliphatic rings. The predicted molar refractivity (Wildman–Crippen MR) is 296 cm³/mol. The fourth-order valence-corrected chi connectivity index (χ4v) is 9.25. The highest BCUT2D eigenvalue weighted by molar-refractivity contribution is 5.76. The van der Waals surface area contributed by atoms with Gasteiger partial charge in [0.1, 0.15) is 0 Å². The summed E-state index contributed by atoms with van der Waals surface area (Å²) in [7, 11) is 0. The van der Waals surface area contributed by atoms with Gasteiger partial charge in [0.05, 0.1) is 25.4 Å². The van der Waals surface area contributed by atoms with Crippen LogP contribution in [0.3, 0.4) is 0 Å². The molecule has 0 saturated heterocycles. The minimum Gasteiger partial charge on any atom is -0.466 e. The SMILES string of the molecule is CCCCCC/C=C\C/C=C\CCCCCCCC(=O)OCCCCCCCCCCC/C=C\CCCCCCCC(=O)NC(CO)C(O)CCCCCCCCCCCCCCCCCCC. The van der Waals surface area contributed by atoms with Crippen LogP contribution in [0.1, 0.15) is 322 Å². The van der Waals surface area contributed by atoms with Crippen molar-refractivity contribution in [3.05, 3.63) is 36.5 Å². The van der Waals surface area contributed by atoms with Gasteiger partial charge in [-0.3, -0.25) is 9.59 Å². The Kier molecular flexibility index (Phi) is 56.0. The Bertz CT molecular complexity index is 1100. The fourth-order valence-electron chi connectivity index (χ4n) is 9.25. The molecule has 0 radical (unpaired) electrons. The van der Waals surface area contributed by atoms with Gasteiger partial charge in [0, 0.05) is 12.8 Å². The first-order chi connectivity index (χ1) is 33.5. The highest BCUT2D eigenvalue weighted by Crippen LogP contribution is 2.17. The molecule has 0 aliphatic carbocycles. The first-order valence-electron chi connectivity index (χ1n) is 30.2. The fraction of sp³-hybridized carbons (Fsp3) is 0.871. The molecule has 1 amide bonds. The van der Waals surface area contributed by atoms with Crippen LogP contribution in [0.15, 0.2) is 36.5 Å². The number of aliphatic hydroxyl groups is 2. The van der Waals surface area contributed by atoms with Crippen molar-refractivity contribution in [2.45, 2.75) is 334 Å². The molecule has 6 heteroatoms. The summed E-state index contributed by atoms with van der Waals surface area (Å²) in [6.45, 7) is 4.93. The molecule has 0 aromatic heterocycles. The van der Waals surface area contributed by atoms with Crippen LogP contribution in [-0.4, -0.2) is 47.4 Å². The maximum Gasteiger partial charge on any atom is 0.305 e. The van der Waals surface area contributed by atoms with Crippen molar-refractivity contribution < 1.29 is 24.5 Å². The number of rotatable bonds is 56. The summed E-state index contributed by atoms with van der Waals surface area (Å²) in [4.78, 5) is 24.5. The summed E-state index contributed by atoms with van der Waals surface area (Å²) in [5.41, 5.74) is 0. The van der Waals surface area contributed by atoms with Crippen LogP contribution < -0.4 is 5.32 Å². The maximum atomic E-state index is 12.5. The number of aliphatic hydroxyl groups excluding tert-OH is 2. The molecule has 0 saturated carbocycles. The summed E-state index contributed by atoms with van der Waals surface area (Å²) < 4.78 is 5.47. The van der Waals surface area contributed by atoms with E-state index in [2.05, 4.69) is 55.6 Å². The van der Waals surface area contributed by atoms with E-state index in [1.165, 1.54) is 218 Å². The first kappa shape index (κ1) is 66.1. The lowest BCUT2D eigenvalue weighted by Gasteiger charge is -2.22. The Balaban J connectivity index is 3.46. The average Bonchev–Trinajstić information content (AvgIpc) is 3.34. The van der Waals surface area contributed by atoms with Gasteiger partial charge in [0.15, 0.2) is 0 Å². The number of hydrogen-bond acceptors (Lipinski definition) is 5. The number of hydrogen-bond donors (Lipinski definition) is 3. The molecule has 0 spiro atoms. The Morgan fingerprint density at radius 1 is 0.412 bits per heavy atom. The first-order valence-corrected chi connectivity index (χ1v) is 30.2. The van der Waals surface area contributed by atoms with E-state index in [1.54, 1.807) is 0 Å². The number of esters is 1. The van der Waals surface area contributed by atoms with E-state index >= 15 is 0 Å². The van der Waals surface area contributed by atoms with Crippen molar-refractivity contribution in [1.82, 2.24) is 5.32 Å². The van der Waals surface area contributed by atoms with Gasteiger partial charge in [-0.1, -0.05) is 262 Å². The smallest absolute Gasteiger partial charge is 0.305 e. The largest absolute Gasteiger partial charge is 0.466 e. The minimum atomic E-state index is -0.674. The Labute approximate surface area is 424 Å². The second-order valence-corrected chi connectivity index (χ2v) is 20.7. The highest BCUT2D eigenvalue weighted by Gasteiger charge is 2.20. The molecule has 400 valence electrons. The molecule has 0 rings (SSSR count). The van der Waals surface area contributed by atoms with Crippen molar-refractivity contribution in [1.29, 1.82) is 0 Å². The number of allylic oxidation sites excluding steroid dienone is 6. The molecule has 68 heavy (non-hydrogen) atoms. The Morgan fingerprint density at radius 3 is 1.15 bits per heavy atom. The zero-order valence-electron chi connectivity index (χ0n) is 45.6. The van der Waals surface area contributed by atoms with Gasteiger partial charge in [0.25, 0.3) is 0 Å². The number of ether oxygens (including phenoxy) is 1. The molecule has 0 bridgehead atoms. The molecule has 2 unspecified atom stereocenters. The summed E-state index contributed by atoms with van der Waals surface area (Å²) in [5, 5.41) is 23.3. The van der Waals surface area contributed by atoms with Gasteiger partial charge in [-0.15, -0.1) is 0 Å². The third kappa shape index (κ3) is 53.4. The van der Waals surface area contributed by atoms with Gasteiger partial charge in [-0.25, -0.2) is 0 Å². The topological polar surface area (TPSA) is 95.9 Å². The monoisotopic (exact) mass is 956 g/mol. The molecule has 2 atom stereocenters. The average molecular weight is 957 g/mol. The van der Waals surface area contributed by atoms with Gasteiger partial charge < -0.3 is 20.3 Å². The normalized spacial score (nSPS) is 12.8. The molecule has 6 nitrogen and oxygen atoms in total. The van der Waals surface area contributed by atoms with E-state index in [-0.39, 0.29) is 18.5 Å². The van der Waals surface area contributed by atoms with E-state index in [1.807, 2.05) is 0 Å². The van der Waals surface area contributed by atoms with Crippen LogP contribution in [0.2, 0.25) is 0 Å². The van der Waals surface area contributed by atoms with E-state index in [0.717, 1.165) is 70.6 Å². The molecule has 0 aliphatic heterocycles. The van der Waals surface area contributed by atoms with Crippen molar-refractivity contribution in [3.8, 4) is 0 Å². The zero-order chi connectivity index (χ0) is 49.3. The lowest BCUT2D eigenvalue weighted by molar-refractivity contribution is -0.143. The van der Waals surface area contributed by atoms with Crippen molar-refractivity contribution in [3.63, 3.8) is 0 Å². The van der Waals surface area contributed by atoms with E-state index in [9.17, 15) is 19.8 Å². The molecule has 0 heterocycles. The summed E-state index contributed by atoms with van der Waals surface area (Å²) >= 11 is 0. The van der Waals surface area contributed by atoms with Crippen molar-refractivity contribution in [2.75, 3.05) is 13.2 Å². The third-order valence-electron chi connectivity index (χ3n) is 13.9. The summed E-state index contributed by atoms with van der Waals surface area (Å²) in [6.07, 6.45) is 71.4. The van der Waals surface area contributed by atoms with Crippen LogP contribution in [0.25, 0.3) is 0 Å². The third-order valence-corrected chi connectivity index (χ3v) is 13.9. The van der Waals surface area contributed by atoms with Gasteiger partial charge in [-0.2, -0.15) is 0 Å². The second kappa shape index (κ2) is 57.7. The van der Waals surface area contributed by atoms with E-state index in [4.69, 9.17) is 4.74 Å². The number of nitrogens with one attached hydrogen (secondary N) is 1. The molecule has 0 fully saturated rings. The molecule has 0 aromatic carbocycles. The molecular formula is C62H117NO5. The van der Waals surface area contributed by atoms with Crippen LogP contribution >= 0.6 is 0 Å². The van der Waals surface area contributed by atoms with Crippen molar-refractivity contribution >= 4 is 11.9 Å².